The van der Waals surface area contributed by atoms with Crippen LogP contribution in [0, 0.1) is 76.6 Å². The zero-order chi connectivity index (χ0) is 17.9. The average molecular weight is 425 g/mol. The Bertz CT molecular complexity index is 213. The third kappa shape index (κ3) is 1320. The molecule has 0 aliphatic heterocycles. The van der Waals surface area contributed by atoms with Gasteiger partial charge in [-0.15, -0.1) is 0 Å². The SMILES string of the molecule is O=[N+]([O-])[O-].O=[N+]([O-])[O-].O=[N+]([O-])[O-].O=[N+]([O-])[O-].O=[N+]([O-])[O-].[Al+3].[Sr+2]. The van der Waals surface area contributed by atoms with Crippen molar-refractivity contribution in [2.45, 2.75) is 0 Å². The third-order valence-electron chi connectivity index (χ3n) is 0. The van der Waals surface area contributed by atoms with E-state index < -0.39 is 25.4 Å². The van der Waals surface area contributed by atoms with E-state index in [0.29, 0.717) is 0 Å². The molecule has 22 heavy (non-hydrogen) atoms. The number of nitrogens with zero attached hydrogens (tertiary/aromatic N) is 5. The summed E-state index contributed by atoms with van der Waals surface area (Å²) in [6.07, 6.45) is 0. The van der Waals surface area contributed by atoms with Gasteiger partial charge in [0.25, 0.3) is 0 Å². The largest absolute Gasteiger partial charge is 3.00 e. The molecular weight excluding hydrogens is 425 g/mol. The summed E-state index contributed by atoms with van der Waals surface area (Å²) < 4.78 is 0. The summed E-state index contributed by atoms with van der Waals surface area (Å²) >= 11 is 0. The van der Waals surface area contributed by atoms with Gasteiger partial charge in [0.15, 0.2) is 0 Å². The second kappa shape index (κ2) is 36.4. The van der Waals surface area contributed by atoms with E-state index in [1.54, 1.807) is 0 Å². The maximum Gasteiger partial charge on any atom is 3.00 e. The van der Waals surface area contributed by atoms with Gasteiger partial charge in [0, 0.05) is 0 Å². The van der Waals surface area contributed by atoms with Gasteiger partial charge >= 0.3 is 62.8 Å². The molecule has 0 atom stereocenters. The first-order chi connectivity index (χ1) is 8.66. The van der Waals surface area contributed by atoms with Crippen LogP contribution in [-0.4, -0.2) is 88.3 Å². The monoisotopic (exact) mass is 425 g/mol. The summed E-state index contributed by atoms with van der Waals surface area (Å²) in [5.74, 6) is 0. The van der Waals surface area contributed by atoms with Gasteiger partial charge in [-0.2, -0.15) is 0 Å². The van der Waals surface area contributed by atoms with Gasteiger partial charge in [-0.05, 0) is 0 Å². The minimum Gasteiger partial charge on any atom is -0.356 e. The minimum atomic E-state index is -1.75. The van der Waals surface area contributed by atoms with Crippen LogP contribution in [0.1, 0.15) is 0 Å². The van der Waals surface area contributed by atoms with Crippen LogP contribution in [0.3, 0.4) is 0 Å². The third-order valence-corrected chi connectivity index (χ3v) is 0. The van der Waals surface area contributed by atoms with Crippen LogP contribution in [0.5, 0.6) is 0 Å². The Morgan fingerprint density at radius 2 is 0.364 bits per heavy atom. The minimum absolute atomic E-state index is 0. The van der Waals surface area contributed by atoms with Gasteiger partial charge in [0.1, 0.15) is 0 Å². The molecule has 0 N–H and O–H groups in total. The molecule has 0 radical (unpaired) electrons. The number of rotatable bonds is 0. The molecule has 0 unspecified atom stereocenters. The van der Waals surface area contributed by atoms with Crippen molar-refractivity contribution in [3.05, 3.63) is 76.6 Å². The molecule has 0 saturated carbocycles. The molecule has 0 saturated heterocycles. The average Bonchev–Trinajstić information content (AvgIpc) is 1.94. The molecule has 120 valence electrons. The Labute approximate surface area is 164 Å². The fourth-order valence-corrected chi connectivity index (χ4v) is 0. The van der Waals surface area contributed by atoms with Crippen molar-refractivity contribution in [1.29, 1.82) is 0 Å². The van der Waals surface area contributed by atoms with Gasteiger partial charge in [0.05, 0.1) is 25.4 Å². The van der Waals surface area contributed by atoms with E-state index in [9.17, 15) is 0 Å². The van der Waals surface area contributed by atoms with E-state index in [-0.39, 0.29) is 62.8 Å². The van der Waals surface area contributed by atoms with Gasteiger partial charge in [-0.3, -0.25) is 0 Å². The van der Waals surface area contributed by atoms with Crippen molar-refractivity contribution in [2.24, 2.45) is 0 Å². The molecule has 0 spiro atoms. The zero-order valence-electron chi connectivity index (χ0n) is 9.64. The zero-order valence-corrected chi connectivity index (χ0v) is 14.3. The van der Waals surface area contributed by atoms with E-state index in [1.807, 2.05) is 0 Å². The van der Waals surface area contributed by atoms with E-state index in [2.05, 4.69) is 0 Å². The van der Waals surface area contributed by atoms with Crippen molar-refractivity contribution in [3.8, 4) is 0 Å². The predicted molar refractivity (Wildman–Crippen MR) is 63.3 cm³/mol. The van der Waals surface area contributed by atoms with Crippen molar-refractivity contribution in [3.63, 3.8) is 0 Å². The normalized spacial score (nSPS) is 5.45. The smallest absolute Gasteiger partial charge is 0.356 e. The van der Waals surface area contributed by atoms with Crippen molar-refractivity contribution in [2.75, 3.05) is 0 Å². The standard InChI is InChI=1S/Al.5NO3.Sr/c;5*2-1(3)4;/q+3;5*-1;+2. The first kappa shape index (κ1) is 42.7. The van der Waals surface area contributed by atoms with Crippen LogP contribution in [0.4, 0.5) is 0 Å². The Balaban J connectivity index is -0.0000000250. The topological polar surface area (TPSA) is 331 Å². The maximum absolute atomic E-state index is 8.25. The maximum atomic E-state index is 8.25. The Morgan fingerprint density at radius 1 is 0.364 bits per heavy atom. The van der Waals surface area contributed by atoms with Crippen molar-refractivity contribution < 1.29 is 25.4 Å². The van der Waals surface area contributed by atoms with Gasteiger partial charge in [-0.1, -0.05) is 0 Å². The molecule has 0 aliphatic carbocycles. The van der Waals surface area contributed by atoms with Gasteiger partial charge in [0.2, 0.25) is 0 Å². The van der Waals surface area contributed by atoms with Crippen LogP contribution < -0.4 is 0 Å². The Morgan fingerprint density at radius 3 is 0.364 bits per heavy atom. The molecule has 0 amide bonds. The molecule has 0 aliphatic rings. The number of hydrogen-bond donors (Lipinski definition) is 0. The van der Waals surface area contributed by atoms with E-state index in [1.165, 1.54) is 0 Å². The first-order valence-corrected chi connectivity index (χ1v) is 2.74. The fraction of sp³-hybridized carbons (Fsp3) is 0. The molecule has 0 heterocycles. The summed E-state index contributed by atoms with van der Waals surface area (Å²) in [6, 6.07) is 0. The van der Waals surface area contributed by atoms with Gasteiger partial charge < -0.3 is 76.6 Å². The molecular formula is AlN5O15Sr. The molecule has 0 fully saturated rings. The Hall–Kier alpha value is -1.99. The summed E-state index contributed by atoms with van der Waals surface area (Å²) in [7, 11) is 0. The number of hydrogen-bond acceptors (Lipinski definition) is 15. The van der Waals surface area contributed by atoms with Crippen LogP contribution in [-0.2, 0) is 0 Å². The van der Waals surface area contributed by atoms with Gasteiger partial charge in [-0.25, -0.2) is 0 Å². The summed E-state index contributed by atoms with van der Waals surface area (Å²) in [4.78, 5) is 41.2. The quantitative estimate of drug-likeness (QED) is 0.231. The van der Waals surface area contributed by atoms with Crippen molar-refractivity contribution in [1.82, 2.24) is 0 Å². The summed E-state index contributed by atoms with van der Waals surface area (Å²) in [6.45, 7) is 0. The first-order valence-electron chi connectivity index (χ1n) is 2.74. The molecule has 0 bridgehead atoms. The molecule has 20 nitrogen and oxygen atoms in total. The van der Waals surface area contributed by atoms with Crippen LogP contribution >= 0.6 is 0 Å². The molecule has 0 aromatic carbocycles. The van der Waals surface area contributed by atoms with Crippen molar-refractivity contribution >= 4 is 62.8 Å². The van der Waals surface area contributed by atoms with E-state index in [4.69, 9.17) is 76.6 Å². The second-order valence-corrected chi connectivity index (χ2v) is 1.12. The Kier molecular flexibility index (Phi) is 70.7. The van der Waals surface area contributed by atoms with E-state index in [0.717, 1.165) is 0 Å². The van der Waals surface area contributed by atoms with Crippen LogP contribution in [0.25, 0.3) is 0 Å². The summed E-state index contributed by atoms with van der Waals surface area (Å²) in [5, 5.41) is 73.8. The van der Waals surface area contributed by atoms with Crippen LogP contribution in [0.15, 0.2) is 0 Å². The second-order valence-electron chi connectivity index (χ2n) is 1.12. The van der Waals surface area contributed by atoms with E-state index >= 15 is 0 Å². The fourth-order valence-electron chi connectivity index (χ4n) is 0. The molecule has 22 heteroatoms. The molecule has 0 aromatic rings. The molecule has 0 rings (SSSR count). The van der Waals surface area contributed by atoms with Crippen LogP contribution in [0.2, 0.25) is 0 Å². The molecule has 0 aromatic heterocycles. The predicted octanol–water partition coefficient (Wildman–Crippen LogP) is -1.96. The summed E-state index contributed by atoms with van der Waals surface area (Å²) in [5.41, 5.74) is 0.